The molecule has 9 nitrogen and oxygen atoms in total. The van der Waals surface area contributed by atoms with Gasteiger partial charge < -0.3 is 24.4 Å². The molecule has 1 amide bonds. The number of pyridine rings is 1. The summed E-state index contributed by atoms with van der Waals surface area (Å²) in [6.45, 7) is 4.27. The Balaban J connectivity index is 1.38. The topological polar surface area (TPSA) is 109 Å². The molecular weight excluding hydrogens is 456 g/mol. The maximum atomic E-state index is 13.8. The van der Waals surface area contributed by atoms with Gasteiger partial charge in [-0.3, -0.25) is 4.79 Å². The third-order valence-corrected chi connectivity index (χ3v) is 8.21. The molecule has 36 heavy (non-hydrogen) atoms. The predicted octanol–water partition coefficient (Wildman–Crippen LogP) is 3.82. The van der Waals surface area contributed by atoms with Gasteiger partial charge in [0, 0.05) is 67.3 Å². The number of hydrogen-bond acceptors (Lipinski definition) is 7. The van der Waals surface area contributed by atoms with E-state index in [1.807, 2.05) is 23.4 Å². The van der Waals surface area contributed by atoms with E-state index in [4.69, 9.17) is 9.15 Å². The minimum Gasteiger partial charge on any atom is -0.421 e. The molecular formula is C27H30N6O3. The molecule has 4 aliphatic heterocycles. The molecule has 2 N–H and O–H groups in total. The molecule has 0 bridgehead atoms. The van der Waals surface area contributed by atoms with Gasteiger partial charge in [0.05, 0.1) is 11.6 Å². The summed E-state index contributed by atoms with van der Waals surface area (Å²) >= 11 is 0. The fourth-order valence-electron chi connectivity index (χ4n) is 6.42. The first-order valence-electron chi connectivity index (χ1n) is 13.0. The van der Waals surface area contributed by atoms with Crippen LogP contribution >= 0.6 is 0 Å². The van der Waals surface area contributed by atoms with E-state index in [1.165, 1.54) is 0 Å². The summed E-state index contributed by atoms with van der Waals surface area (Å²) in [7, 11) is 0. The van der Waals surface area contributed by atoms with E-state index in [1.54, 1.807) is 6.92 Å². The van der Waals surface area contributed by atoms with Crippen molar-refractivity contribution in [3.63, 3.8) is 0 Å². The highest BCUT2D eigenvalue weighted by atomic mass is 16.5. The number of hydrogen-bond donors (Lipinski definition) is 2. The van der Waals surface area contributed by atoms with E-state index >= 15 is 0 Å². The van der Waals surface area contributed by atoms with E-state index in [0.717, 1.165) is 97.4 Å². The van der Waals surface area contributed by atoms with Gasteiger partial charge in [-0.25, -0.2) is 4.98 Å². The lowest BCUT2D eigenvalue weighted by Crippen LogP contribution is -2.32. The Bertz CT molecular complexity index is 1400. The van der Waals surface area contributed by atoms with Crippen molar-refractivity contribution in [1.82, 2.24) is 30.4 Å². The van der Waals surface area contributed by atoms with Gasteiger partial charge in [0.15, 0.2) is 0 Å². The van der Waals surface area contributed by atoms with Gasteiger partial charge in [-0.15, -0.1) is 10.2 Å². The molecule has 0 saturated carbocycles. The predicted molar refractivity (Wildman–Crippen MR) is 132 cm³/mol. The van der Waals surface area contributed by atoms with Crippen LogP contribution in [0, 0.1) is 12.8 Å². The highest BCUT2D eigenvalue weighted by Crippen LogP contribution is 2.50. The van der Waals surface area contributed by atoms with Gasteiger partial charge in [0.2, 0.25) is 11.8 Å². The number of allylic oxidation sites excluding steroid dienone is 2. The summed E-state index contributed by atoms with van der Waals surface area (Å²) in [5.41, 5.74) is 5.66. The smallest absolute Gasteiger partial charge is 0.253 e. The first-order valence-corrected chi connectivity index (χ1v) is 13.0. The fraction of sp³-hybridized carbons (Fsp3) is 0.481. The second kappa shape index (κ2) is 8.58. The molecule has 0 aliphatic carbocycles. The second-order valence-corrected chi connectivity index (χ2v) is 10.3. The van der Waals surface area contributed by atoms with Crippen LogP contribution in [0.4, 0.5) is 0 Å². The van der Waals surface area contributed by atoms with Crippen LogP contribution in [0.1, 0.15) is 61.8 Å². The van der Waals surface area contributed by atoms with E-state index in [-0.39, 0.29) is 17.9 Å². The zero-order chi connectivity index (χ0) is 24.2. The van der Waals surface area contributed by atoms with Crippen LogP contribution in [0.5, 0.6) is 0 Å². The molecule has 3 aromatic rings. The zero-order valence-electron chi connectivity index (χ0n) is 20.4. The Hall–Kier alpha value is -3.46. The van der Waals surface area contributed by atoms with Gasteiger partial charge in [-0.1, -0.05) is 0 Å². The number of aromatic amines is 1. The number of amides is 1. The van der Waals surface area contributed by atoms with Crippen LogP contribution in [-0.2, 0) is 9.53 Å². The number of carbonyl (C=O) groups excluding carboxylic acids is 1. The fourth-order valence-corrected chi connectivity index (χ4v) is 6.42. The van der Waals surface area contributed by atoms with Crippen molar-refractivity contribution in [2.45, 2.75) is 57.4 Å². The first kappa shape index (κ1) is 21.8. The lowest BCUT2D eigenvalue weighted by Gasteiger charge is -2.31. The Kier molecular flexibility index (Phi) is 5.20. The summed E-state index contributed by atoms with van der Waals surface area (Å²) < 4.78 is 11.6. The van der Waals surface area contributed by atoms with E-state index < -0.39 is 0 Å². The summed E-state index contributed by atoms with van der Waals surface area (Å²) in [5, 5.41) is 13.4. The number of nitrogens with one attached hydrogen (secondary N) is 2. The van der Waals surface area contributed by atoms with Crippen LogP contribution in [0.15, 0.2) is 45.9 Å². The molecule has 2 saturated heterocycles. The number of aromatic nitrogens is 4. The molecule has 186 valence electrons. The number of ether oxygens (including phenoxy) is 1. The van der Waals surface area contributed by atoms with Gasteiger partial charge in [-0.2, -0.15) is 0 Å². The van der Waals surface area contributed by atoms with Crippen molar-refractivity contribution in [2.75, 3.05) is 19.8 Å². The zero-order valence-corrected chi connectivity index (χ0v) is 20.4. The number of H-pyrrole nitrogens is 1. The van der Waals surface area contributed by atoms with Crippen LogP contribution in [0.2, 0.25) is 0 Å². The highest BCUT2D eigenvalue weighted by Gasteiger charge is 2.49. The monoisotopic (exact) mass is 486 g/mol. The van der Waals surface area contributed by atoms with E-state index in [0.29, 0.717) is 17.7 Å². The molecule has 7 rings (SSSR count). The second-order valence-electron chi connectivity index (χ2n) is 10.3. The van der Waals surface area contributed by atoms with Crippen molar-refractivity contribution in [2.24, 2.45) is 5.92 Å². The third-order valence-electron chi connectivity index (χ3n) is 8.21. The Morgan fingerprint density at radius 2 is 2.06 bits per heavy atom. The maximum Gasteiger partial charge on any atom is 0.253 e. The molecule has 9 heteroatoms. The number of nitrogens with zero attached hydrogens (tertiary/aromatic N) is 4. The number of carbonyl (C=O) groups is 1. The number of dihydropyridines is 1. The van der Waals surface area contributed by atoms with Crippen LogP contribution in [-0.4, -0.2) is 56.8 Å². The van der Waals surface area contributed by atoms with Gasteiger partial charge in [0.25, 0.3) is 5.91 Å². The average molecular weight is 487 g/mol. The highest BCUT2D eigenvalue weighted by molar-refractivity contribution is 6.03. The van der Waals surface area contributed by atoms with E-state index in [9.17, 15) is 4.79 Å². The Labute approximate surface area is 209 Å². The Morgan fingerprint density at radius 3 is 2.89 bits per heavy atom. The number of aryl methyl sites for hydroxylation is 1. The quantitative estimate of drug-likeness (QED) is 0.564. The van der Waals surface area contributed by atoms with Crippen LogP contribution in [0.25, 0.3) is 16.6 Å². The molecule has 2 fully saturated rings. The lowest BCUT2D eigenvalue weighted by atomic mass is 9.79. The normalized spacial score (nSPS) is 24.6. The van der Waals surface area contributed by atoms with Crippen molar-refractivity contribution in [1.29, 1.82) is 0 Å². The average Bonchev–Trinajstić information content (AvgIpc) is 3.69. The van der Waals surface area contributed by atoms with Crippen LogP contribution in [0.3, 0.4) is 0 Å². The van der Waals surface area contributed by atoms with Crippen molar-refractivity contribution in [3.05, 3.63) is 58.8 Å². The maximum absolute atomic E-state index is 13.8. The van der Waals surface area contributed by atoms with Gasteiger partial charge >= 0.3 is 0 Å². The summed E-state index contributed by atoms with van der Waals surface area (Å²) in [6.07, 6.45) is 9.88. The molecule has 7 heterocycles. The minimum atomic E-state index is -0.310. The SMILES string of the molecule is Cc1nnc(C2=C(CCC3CCOCC3)NC3=C(C(=O)N4CCC[C@@H]34)C2c2cnc3[nH]ccc3c2)o1. The van der Waals surface area contributed by atoms with Crippen LogP contribution < -0.4 is 5.32 Å². The molecule has 0 radical (unpaired) electrons. The molecule has 1 unspecified atom stereocenters. The standard InChI is InChI=1S/C27H30N6O3/c1-15-31-32-26(36-15)22-19(5-4-16-7-11-35-12-8-16)30-24-20-3-2-10-33(20)27(34)23(24)21(22)18-13-17-6-9-28-25(17)29-14-18/h6,9,13-14,16,20-21,30H,2-5,7-8,10-12H2,1H3,(H,28,29)/t20-,21?/m0/s1. The number of rotatable bonds is 5. The molecule has 0 spiro atoms. The third kappa shape index (κ3) is 3.48. The van der Waals surface area contributed by atoms with Gasteiger partial charge in [0.1, 0.15) is 5.65 Å². The number of fused-ring (bicyclic) bond motifs is 3. The van der Waals surface area contributed by atoms with E-state index in [2.05, 4.69) is 31.5 Å². The lowest BCUT2D eigenvalue weighted by molar-refractivity contribution is -0.126. The summed E-state index contributed by atoms with van der Waals surface area (Å²) in [5.74, 6) is 1.41. The largest absolute Gasteiger partial charge is 0.421 e. The van der Waals surface area contributed by atoms with Gasteiger partial charge in [-0.05, 0) is 62.1 Å². The Morgan fingerprint density at radius 1 is 1.17 bits per heavy atom. The molecule has 3 aromatic heterocycles. The van der Waals surface area contributed by atoms with Crippen molar-refractivity contribution in [3.8, 4) is 0 Å². The van der Waals surface area contributed by atoms with Crippen molar-refractivity contribution >= 4 is 22.5 Å². The van der Waals surface area contributed by atoms with Crippen molar-refractivity contribution < 1.29 is 13.9 Å². The first-order chi connectivity index (χ1) is 17.7. The summed E-state index contributed by atoms with van der Waals surface area (Å²) in [6, 6.07) is 4.27. The summed E-state index contributed by atoms with van der Waals surface area (Å²) in [4.78, 5) is 23.7. The minimum absolute atomic E-state index is 0.108. The molecule has 2 atom stereocenters. The molecule has 0 aromatic carbocycles. The molecule has 4 aliphatic rings.